The molecule has 0 atom stereocenters. The van der Waals surface area contributed by atoms with Gasteiger partial charge in [-0.1, -0.05) is 6.07 Å². The van der Waals surface area contributed by atoms with Gasteiger partial charge in [-0.2, -0.15) is 0 Å². The van der Waals surface area contributed by atoms with E-state index in [0.29, 0.717) is 6.54 Å². The number of carbonyl (C=O) groups excluding carboxylic acids is 1. The molecule has 2 heterocycles. The van der Waals surface area contributed by atoms with Gasteiger partial charge in [0.2, 0.25) is 0 Å². The highest BCUT2D eigenvalue weighted by molar-refractivity contribution is 5.89. The normalized spacial score (nSPS) is 10.4. The second kappa shape index (κ2) is 7.69. The van der Waals surface area contributed by atoms with Crippen LogP contribution in [0.2, 0.25) is 0 Å². The van der Waals surface area contributed by atoms with Crippen molar-refractivity contribution in [3.8, 4) is 5.82 Å². The maximum absolute atomic E-state index is 12.2. The first-order chi connectivity index (χ1) is 12.5. The van der Waals surface area contributed by atoms with Crippen LogP contribution in [0.5, 0.6) is 0 Å². The third-order valence-electron chi connectivity index (χ3n) is 3.99. The molecule has 0 unspecified atom stereocenters. The molecule has 0 radical (unpaired) electrons. The largest absolute Gasteiger partial charge is 0.377 e. The number of anilines is 2. The predicted octanol–water partition coefficient (Wildman–Crippen LogP) is 2.96. The Morgan fingerprint density at radius 2 is 2.08 bits per heavy atom. The number of nitrogens with one attached hydrogen (secondary N) is 2. The first kappa shape index (κ1) is 17.5. The number of aromatic nitrogens is 3. The maximum atomic E-state index is 12.2. The van der Waals surface area contributed by atoms with E-state index in [0.717, 1.165) is 28.3 Å². The number of imidazole rings is 1. The van der Waals surface area contributed by atoms with Gasteiger partial charge in [0, 0.05) is 56.2 Å². The Hall–Kier alpha value is -3.35. The van der Waals surface area contributed by atoms with Crippen LogP contribution in [0.1, 0.15) is 11.1 Å². The molecule has 2 aromatic heterocycles. The lowest BCUT2D eigenvalue weighted by Crippen LogP contribution is -2.28. The predicted molar refractivity (Wildman–Crippen MR) is 103 cm³/mol. The first-order valence-corrected chi connectivity index (χ1v) is 8.29. The number of pyridine rings is 1. The van der Waals surface area contributed by atoms with E-state index in [1.807, 2.05) is 67.0 Å². The van der Waals surface area contributed by atoms with Crippen LogP contribution in [0.4, 0.5) is 16.2 Å². The standard InChI is InChI=1S/C19H22N6O/c1-14-11-16(6-7-17(14)24(2)3)23-19(26)22-12-15-5-4-8-21-18(15)25-10-9-20-13-25/h4-11,13H,12H2,1-3H3,(H2,22,23,26). The molecule has 0 aliphatic carbocycles. The van der Waals surface area contributed by atoms with E-state index in [-0.39, 0.29) is 6.03 Å². The van der Waals surface area contributed by atoms with Crippen LogP contribution in [0, 0.1) is 6.92 Å². The van der Waals surface area contributed by atoms with E-state index in [4.69, 9.17) is 0 Å². The Labute approximate surface area is 152 Å². The van der Waals surface area contributed by atoms with E-state index < -0.39 is 0 Å². The molecular formula is C19H22N6O. The van der Waals surface area contributed by atoms with Crippen molar-refractivity contribution in [1.29, 1.82) is 0 Å². The van der Waals surface area contributed by atoms with Crippen LogP contribution in [0.25, 0.3) is 5.82 Å². The first-order valence-electron chi connectivity index (χ1n) is 8.29. The molecule has 0 bridgehead atoms. The van der Waals surface area contributed by atoms with Gasteiger partial charge in [0.1, 0.15) is 12.1 Å². The summed E-state index contributed by atoms with van der Waals surface area (Å²) in [5, 5.41) is 5.74. The second-order valence-corrected chi connectivity index (χ2v) is 6.16. The highest BCUT2D eigenvalue weighted by Crippen LogP contribution is 2.21. The fourth-order valence-electron chi connectivity index (χ4n) is 2.77. The summed E-state index contributed by atoms with van der Waals surface area (Å²) < 4.78 is 1.82. The highest BCUT2D eigenvalue weighted by atomic mass is 16.2. The molecule has 26 heavy (non-hydrogen) atoms. The van der Waals surface area contributed by atoms with Gasteiger partial charge in [0.05, 0.1) is 0 Å². The second-order valence-electron chi connectivity index (χ2n) is 6.16. The summed E-state index contributed by atoms with van der Waals surface area (Å²) in [7, 11) is 3.99. The monoisotopic (exact) mass is 350 g/mol. The Balaban J connectivity index is 1.64. The maximum Gasteiger partial charge on any atom is 0.319 e. The van der Waals surface area contributed by atoms with Crippen LogP contribution < -0.4 is 15.5 Å². The summed E-state index contributed by atoms with van der Waals surface area (Å²) in [6, 6.07) is 9.35. The van der Waals surface area contributed by atoms with Crippen molar-refractivity contribution in [3.05, 3.63) is 66.4 Å². The Kier molecular flexibility index (Phi) is 5.17. The lowest BCUT2D eigenvalue weighted by molar-refractivity contribution is 0.251. The van der Waals surface area contributed by atoms with Crippen molar-refractivity contribution in [1.82, 2.24) is 19.9 Å². The number of hydrogen-bond donors (Lipinski definition) is 2. The molecule has 134 valence electrons. The number of nitrogens with zero attached hydrogens (tertiary/aromatic N) is 4. The van der Waals surface area contributed by atoms with Crippen molar-refractivity contribution < 1.29 is 4.79 Å². The Morgan fingerprint density at radius 1 is 1.23 bits per heavy atom. The molecule has 0 fully saturated rings. The molecule has 3 aromatic rings. The van der Waals surface area contributed by atoms with Gasteiger partial charge in [-0.25, -0.2) is 14.8 Å². The van der Waals surface area contributed by atoms with Crippen LogP contribution in [-0.4, -0.2) is 34.7 Å². The summed E-state index contributed by atoms with van der Waals surface area (Å²) in [6.07, 6.45) is 6.91. The number of carbonyl (C=O) groups is 1. The number of amides is 2. The highest BCUT2D eigenvalue weighted by Gasteiger charge is 2.08. The molecule has 0 saturated heterocycles. The van der Waals surface area contributed by atoms with Gasteiger partial charge >= 0.3 is 6.03 Å². The molecule has 0 aliphatic rings. The van der Waals surface area contributed by atoms with Crippen molar-refractivity contribution in [3.63, 3.8) is 0 Å². The molecule has 7 heteroatoms. The van der Waals surface area contributed by atoms with E-state index in [1.165, 1.54) is 0 Å². The zero-order valence-corrected chi connectivity index (χ0v) is 15.1. The average molecular weight is 350 g/mol. The number of benzene rings is 1. The molecular weight excluding hydrogens is 328 g/mol. The van der Waals surface area contributed by atoms with Crippen LogP contribution in [-0.2, 0) is 6.54 Å². The zero-order chi connectivity index (χ0) is 18.5. The number of hydrogen-bond acceptors (Lipinski definition) is 4. The zero-order valence-electron chi connectivity index (χ0n) is 15.1. The molecule has 1 aromatic carbocycles. The molecule has 0 spiro atoms. The van der Waals surface area contributed by atoms with Crippen molar-refractivity contribution in [2.24, 2.45) is 0 Å². The average Bonchev–Trinajstić information content (AvgIpc) is 3.14. The summed E-state index contributed by atoms with van der Waals surface area (Å²) >= 11 is 0. The number of urea groups is 1. The van der Waals surface area contributed by atoms with Crippen molar-refractivity contribution in [2.75, 3.05) is 24.3 Å². The van der Waals surface area contributed by atoms with Gasteiger partial charge in [-0.3, -0.25) is 4.57 Å². The minimum Gasteiger partial charge on any atom is -0.377 e. The minimum atomic E-state index is -0.262. The smallest absolute Gasteiger partial charge is 0.319 e. The minimum absolute atomic E-state index is 0.262. The van der Waals surface area contributed by atoms with Gasteiger partial charge in [0.25, 0.3) is 0 Å². The van der Waals surface area contributed by atoms with E-state index >= 15 is 0 Å². The summed E-state index contributed by atoms with van der Waals surface area (Å²) in [4.78, 5) is 22.7. The van der Waals surface area contributed by atoms with E-state index in [1.54, 1.807) is 18.7 Å². The fourth-order valence-corrected chi connectivity index (χ4v) is 2.77. The Bertz CT molecular complexity index is 889. The molecule has 3 rings (SSSR count). The summed E-state index contributed by atoms with van der Waals surface area (Å²) in [6.45, 7) is 2.38. The van der Waals surface area contributed by atoms with Gasteiger partial charge in [-0.05, 0) is 36.8 Å². The SMILES string of the molecule is Cc1cc(NC(=O)NCc2cccnc2-n2ccnc2)ccc1N(C)C. The Morgan fingerprint density at radius 3 is 2.77 bits per heavy atom. The third-order valence-corrected chi connectivity index (χ3v) is 3.99. The molecule has 2 amide bonds. The molecule has 0 aliphatic heterocycles. The van der Waals surface area contributed by atoms with Crippen molar-refractivity contribution >= 4 is 17.4 Å². The number of rotatable bonds is 5. The fraction of sp³-hybridized carbons (Fsp3) is 0.211. The van der Waals surface area contributed by atoms with Crippen molar-refractivity contribution in [2.45, 2.75) is 13.5 Å². The lowest BCUT2D eigenvalue weighted by Gasteiger charge is -2.17. The van der Waals surface area contributed by atoms with Gasteiger partial charge in [-0.15, -0.1) is 0 Å². The quantitative estimate of drug-likeness (QED) is 0.742. The van der Waals surface area contributed by atoms with Gasteiger partial charge < -0.3 is 15.5 Å². The summed E-state index contributed by atoms with van der Waals surface area (Å²) in [5.41, 5.74) is 3.88. The molecule has 7 nitrogen and oxygen atoms in total. The van der Waals surface area contributed by atoms with Crippen LogP contribution in [0.15, 0.2) is 55.2 Å². The lowest BCUT2D eigenvalue weighted by atomic mass is 10.1. The number of aryl methyl sites for hydroxylation is 1. The van der Waals surface area contributed by atoms with E-state index in [2.05, 4.69) is 20.6 Å². The van der Waals surface area contributed by atoms with Crippen LogP contribution in [0.3, 0.4) is 0 Å². The van der Waals surface area contributed by atoms with Crippen LogP contribution >= 0.6 is 0 Å². The molecule has 2 N–H and O–H groups in total. The molecule has 0 saturated carbocycles. The third kappa shape index (κ3) is 4.00. The topological polar surface area (TPSA) is 75.1 Å². The summed E-state index contributed by atoms with van der Waals surface area (Å²) in [5.74, 6) is 0.747. The van der Waals surface area contributed by atoms with E-state index in [9.17, 15) is 4.79 Å². The van der Waals surface area contributed by atoms with Gasteiger partial charge in [0.15, 0.2) is 0 Å².